The molecule has 2 N–H and O–H groups in total. The first-order valence-electron chi connectivity index (χ1n) is 6.96. The van der Waals surface area contributed by atoms with Crippen molar-refractivity contribution in [3.8, 4) is 0 Å². The summed E-state index contributed by atoms with van der Waals surface area (Å²) in [6.45, 7) is 8.06. The van der Waals surface area contributed by atoms with Gasteiger partial charge in [-0.15, -0.1) is 11.8 Å². The lowest BCUT2D eigenvalue weighted by Gasteiger charge is -2.35. The maximum Gasteiger partial charge on any atom is 0.0796 e. The van der Waals surface area contributed by atoms with E-state index in [1.807, 2.05) is 11.8 Å². The molecule has 0 saturated carbocycles. The van der Waals surface area contributed by atoms with Crippen molar-refractivity contribution in [3.05, 3.63) is 29.8 Å². The van der Waals surface area contributed by atoms with E-state index in [9.17, 15) is 0 Å². The summed E-state index contributed by atoms with van der Waals surface area (Å²) in [5.41, 5.74) is 6.86. The summed E-state index contributed by atoms with van der Waals surface area (Å²) in [4.78, 5) is 3.78. The van der Waals surface area contributed by atoms with Crippen LogP contribution in [0.25, 0.3) is 0 Å². The van der Waals surface area contributed by atoms with Gasteiger partial charge < -0.3 is 10.5 Å². The van der Waals surface area contributed by atoms with Crippen LogP contribution in [0.2, 0.25) is 0 Å². The van der Waals surface area contributed by atoms with Gasteiger partial charge in [0.1, 0.15) is 0 Å². The Morgan fingerprint density at radius 2 is 2.32 bits per heavy atom. The third kappa shape index (κ3) is 4.49. The van der Waals surface area contributed by atoms with Crippen molar-refractivity contribution in [1.29, 1.82) is 0 Å². The van der Waals surface area contributed by atoms with Gasteiger partial charge in [0.25, 0.3) is 0 Å². The minimum absolute atomic E-state index is 0.336. The molecular weight excluding hydrogens is 256 g/mol. The van der Waals surface area contributed by atoms with Crippen molar-refractivity contribution in [1.82, 2.24) is 4.90 Å². The molecule has 4 heteroatoms. The monoisotopic (exact) mass is 280 g/mol. The average Bonchev–Trinajstić information content (AvgIpc) is 2.45. The fourth-order valence-electron chi connectivity index (χ4n) is 2.26. The zero-order valence-electron chi connectivity index (χ0n) is 11.8. The molecule has 2 rings (SSSR count). The fourth-order valence-corrected chi connectivity index (χ4v) is 3.25. The number of hydrogen-bond donors (Lipinski definition) is 1. The second kappa shape index (κ2) is 7.29. The highest BCUT2D eigenvalue weighted by Crippen LogP contribution is 2.22. The van der Waals surface area contributed by atoms with Crippen LogP contribution < -0.4 is 5.73 Å². The molecule has 0 aliphatic carbocycles. The molecule has 19 heavy (non-hydrogen) atoms. The Morgan fingerprint density at radius 1 is 1.47 bits per heavy atom. The van der Waals surface area contributed by atoms with Crippen LogP contribution in [-0.2, 0) is 11.3 Å². The van der Waals surface area contributed by atoms with Crippen molar-refractivity contribution >= 4 is 11.8 Å². The molecule has 1 aromatic rings. The van der Waals surface area contributed by atoms with E-state index in [1.165, 1.54) is 10.5 Å². The summed E-state index contributed by atoms with van der Waals surface area (Å²) in [6.07, 6.45) is 0.336. The molecule has 0 bridgehead atoms. The zero-order chi connectivity index (χ0) is 13.7. The SMILES string of the molecule is CC(C)N1CCOC(CSc2cccc(CN)c2)C1. The zero-order valence-corrected chi connectivity index (χ0v) is 12.7. The molecule has 0 spiro atoms. The Balaban J connectivity index is 1.84. The lowest BCUT2D eigenvalue weighted by Crippen LogP contribution is -2.46. The van der Waals surface area contributed by atoms with E-state index in [4.69, 9.17) is 10.5 Å². The van der Waals surface area contributed by atoms with Gasteiger partial charge in [0, 0.05) is 36.3 Å². The second-order valence-electron chi connectivity index (χ2n) is 5.24. The van der Waals surface area contributed by atoms with E-state index in [0.717, 1.165) is 25.4 Å². The third-order valence-electron chi connectivity index (χ3n) is 3.47. The van der Waals surface area contributed by atoms with Gasteiger partial charge in [0.05, 0.1) is 12.7 Å². The number of rotatable bonds is 5. The average molecular weight is 280 g/mol. The highest BCUT2D eigenvalue weighted by atomic mass is 32.2. The van der Waals surface area contributed by atoms with Gasteiger partial charge >= 0.3 is 0 Å². The summed E-state index contributed by atoms with van der Waals surface area (Å²) in [6, 6.07) is 9.08. The molecule has 1 atom stereocenters. The van der Waals surface area contributed by atoms with Gasteiger partial charge in [-0.1, -0.05) is 12.1 Å². The Hall–Kier alpha value is -0.550. The standard InChI is InChI=1S/C15H24N2OS/c1-12(2)17-6-7-18-14(10-17)11-19-15-5-3-4-13(8-15)9-16/h3-5,8,12,14H,6-7,9-11,16H2,1-2H3. The number of thioether (sulfide) groups is 1. The first-order valence-corrected chi connectivity index (χ1v) is 7.95. The molecule has 1 aliphatic rings. The van der Waals surface area contributed by atoms with Crippen molar-refractivity contribution in [3.63, 3.8) is 0 Å². The summed E-state index contributed by atoms with van der Waals surface area (Å²) >= 11 is 1.86. The van der Waals surface area contributed by atoms with Gasteiger partial charge in [-0.3, -0.25) is 4.90 Å². The van der Waals surface area contributed by atoms with E-state index in [1.54, 1.807) is 0 Å². The van der Waals surface area contributed by atoms with Gasteiger partial charge in [0.15, 0.2) is 0 Å². The van der Waals surface area contributed by atoms with Crippen molar-refractivity contribution in [2.24, 2.45) is 5.73 Å². The molecule has 1 aliphatic heterocycles. The predicted octanol–water partition coefficient (Wildman–Crippen LogP) is 2.35. The quantitative estimate of drug-likeness (QED) is 0.840. The molecule has 1 aromatic carbocycles. The van der Waals surface area contributed by atoms with Gasteiger partial charge in [-0.25, -0.2) is 0 Å². The second-order valence-corrected chi connectivity index (χ2v) is 6.34. The van der Waals surface area contributed by atoms with Crippen LogP contribution in [0.1, 0.15) is 19.4 Å². The minimum atomic E-state index is 0.336. The van der Waals surface area contributed by atoms with Gasteiger partial charge in [-0.05, 0) is 31.5 Å². The van der Waals surface area contributed by atoms with E-state index < -0.39 is 0 Å². The molecule has 0 radical (unpaired) electrons. The summed E-state index contributed by atoms with van der Waals surface area (Å²) < 4.78 is 5.85. The van der Waals surface area contributed by atoms with Crippen LogP contribution in [-0.4, -0.2) is 42.5 Å². The number of ether oxygens (including phenoxy) is 1. The van der Waals surface area contributed by atoms with Gasteiger partial charge in [0.2, 0.25) is 0 Å². The third-order valence-corrected chi connectivity index (χ3v) is 4.60. The lowest BCUT2D eigenvalue weighted by atomic mass is 10.2. The predicted molar refractivity (Wildman–Crippen MR) is 81.5 cm³/mol. The number of morpholine rings is 1. The van der Waals surface area contributed by atoms with Crippen molar-refractivity contribution < 1.29 is 4.74 Å². The summed E-state index contributed by atoms with van der Waals surface area (Å²) in [5.74, 6) is 1.01. The lowest BCUT2D eigenvalue weighted by molar-refractivity contribution is -0.0265. The molecule has 3 nitrogen and oxygen atoms in total. The van der Waals surface area contributed by atoms with Crippen LogP contribution in [0.3, 0.4) is 0 Å². The van der Waals surface area contributed by atoms with Crippen LogP contribution >= 0.6 is 11.8 Å². The largest absolute Gasteiger partial charge is 0.375 e. The fraction of sp³-hybridized carbons (Fsp3) is 0.600. The van der Waals surface area contributed by atoms with E-state index in [-0.39, 0.29) is 0 Å². The maximum absolute atomic E-state index is 5.85. The van der Waals surface area contributed by atoms with Crippen molar-refractivity contribution in [2.75, 3.05) is 25.4 Å². The molecule has 1 fully saturated rings. The van der Waals surface area contributed by atoms with Crippen molar-refractivity contribution in [2.45, 2.75) is 37.4 Å². The molecule has 1 unspecified atom stereocenters. The maximum atomic E-state index is 5.85. The molecule has 106 valence electrons. The highest BCUT2D eigenvalue weighted by Gasteiger charge is 2.22. The summed E-state index contributed by atoms with van der Waals surface area (Å²) in [5, 5.41) is 0. The Kier molecular flexibility index (Phi) is 5.70. The Morgan fingerprint density at radius 3 is 3.05 bits per heavy atom. The Bertz CT molecular complexity index is 397. The van der Waals surface area contributed by atoms with E-state index in [0.29, 0.717) is 18.7 Å². The van der Waals surface area contributed by atoms with Crippen LogP contribution in [0.4, 0.5) is 0 Å². The smallest absolute Gasteiger partial charge is 0.0796 e. The van der Waals surface area contributed by atoms with E-state index in [2.05, 4.69) is 43.0 Å². The number of hydrogen-bond acceptors (Lipinski definition) is 4. The number of nitrogens with two attached hydrogens (primary N) is 1. The first-order chi connectivity index (χ1) is 9.19. The first kappa shape index (κ1) is 14.9. The highest BCUT2D eigenvalue weighted by molar-refractivity contribution is 7.99. The molecule has 0 amide bonds. The minimum Gasteiger partial charge on any atom is -0.375 e. The molecule has 0 aromatic heterocycles. The van der Waals surface area contributed by atoms with Crippen LogP contribution in [0, 0.1) is 0 Å². The topological polar surface area (TPSA) is 38.5 Å². The summed E-state index contributed by atoms with van der Waals surface area (Å²) in [7, 11) is 0. The molecule has 1 saturated heterocycles. The normalized spacial score (nSPS) is 20.9. The number of nitrogens with zero attached hydrogens (tertiary/aromatic N) is 1. The van der Waals surface area contributed by atoms with Crippen LogP contribution in [0.5, 0.6) is 0 Å². The van der Waals surface area contributed by atoms with Gasteiger partial charge in [-0.2, -0.15) is 0 Å². The van der Waals surface area contributed by atoms with E-state index >= 15 is 0 Å². The molecule has 1 heterocycles. The molecular formula is C15H24N2OS. The van der Waals surface area contributed by atoms with Crippen LogP contribution in [0.15, 0.2) is 29.2 Å². The number of benzene rings is 1. The Labute approximate surface area is 120 Å².